The van der Waals surface area contributed by atoms with Crippen LogP contribution >= 0.6 is 0 Å². The van der Waals surface area contributed by atoms with Crippen LogP contribution in [0, 0.1) is 0 Å². The number of ether oxygens (including phenoxy) is 2. The summed E-state index contributed by atoms with van der Waals surface area (Å²) in [6.45, 7) is 0.250. The zero-order valence-electron chi connectivity index (χ0n) is 16.5. The Balaban J connectivity index is 0.00000204. The summed E-state index contributed by atoms with van der Waals surface area (Å²) in [7, 11) is 0. The van der Waals surface area contributed by atoms with Crippen molar-refractivity contribution in [3.63, 3.8) is 0 Å². The SMILES string of the molecule is O=C(Cc1ccc2[nH]cc(-c3ccccc3)c2c1)C1(c2ccc3c(c2)OCO3)CC1.[HH]. The first-order valence-electron chi connectivity index (χ1n) is 10.3. The Hall–Kier alpha value is -3.53. The molecule has 0 unspecified atom stereocenters. The molecule has 2 aliphatic rings. The highest BCUT2D eigenvalue weighted by Gasteiger charge is 2.50. The highest BCUT2D eigenvalue weighted by molar-refractivity contribution is 5.98. The van der Waals surface area contributed by atoms with Crippen LogP contribution in [-0.4, -0.2) is 17.6 Å². The average Bonchev–Trinajstić information content (AvgIpc) is 3.28. The number of nitrogens with one attached hydrogen (secondary N) is 1. The largest absolute Gasteiger partial charge is 0.454 e. The van der Waals surface area contributed by atoms with E-state index in [1.165, 1.54) is 5.56 Å². The lowest BCUT2D eigenvalue weighted by molar-refractivity contribution is -0.120. The van der Waals surface area contributed by atoms with Crippen molar-refractivity contribution in [2.75, 3.05) is 6.79 Å². The molecule has 1 aliphatic carbocycles. The Labute approximate surface area is 175 Å². The van der Waals surface area contributed by atoms with Crippen molar-refractivity contribution in [1.29, 1.82) is 0 Å². The molecule has 0 spiro atoms. The molecule has 150 valence electrons. The van der Waals surface area contributed by atoms with Crippen LogP contribution < -0.4 is 9.47 Å². The predicted octanol–water partition coefficient (Wildman–Crippen LogP) is 5.65. The summed E-state index contributed by atoms with van der Waals surface area (Å²) in [6, 6.07) is 22.5. The van der Waals surface area contributed by atoms with Crippen LogP contribution in [0.1, 0.15) is 25.4 Å². The number of hydrogen-bond donors (Lipinski definition) is 1. The van der Waals surface area contributed by atoms with Gasteiger partial charge in [0.15, 0.2) is 11.5 Å². The van der Waals surface area contributed by atoms with E-state index < -0.39 is 0 Å². The van der Waals surface area contributed by atoms with E-state index in [4.69, 9.17) is 9.47 Å². The van der Waals surface area contributed by atoms with E-state index in [2.05, 4.69) is 35.3 Å². The summed E-state index contributed by atoms with van der Waals surface area (Å²) >= 11 is 0. The number of aromatic amines is 1. The molecular formula is C26H23NO3. The Bertz CT molecular complexity index is 1270. The maximum absolute atomic E-state index is 13.3. The average molecular weight is 397 g/mol. The van der Waals surface area contributed by atoms with E-state index in [0.29, 0.717) is 6.42 Å². The standard InChI is InChI=1S/C26H21NO3.H2/c28-25(26(10-11-26)19-7-9-23-24(14-19)30-16-29-23)13-17-6-8-22-20(12-17)21(15-27-22)18-4-2-1-3-5-18;/h1-9,12,14-15,27H,10-11,13,16H2;1H. The number of Topliss-reactive ketones (excluding diaryl/α,β-unsaturated/α-hetero) is 1. The monoisotopic (exact) mass is 397 g/mol. The number of carbonyl (C=O) groups excluding carboxylic acids is 1. The fourth-order valence-corrected chi connectivity index (χ4v) is 4.54. The predicted molar refractivity (Wildman–Crippen MR) is 118 cm³/mol. The van der Waals surface area contributed by atoms with E-state index in [1.54, 1.807) is 0 Å². The van der Waals surface area contributed by atoms with E-state index in [9.17, 15) is 4.79 Å². The minimum atomic E-state index is -0.379. The third kappa shape index (κ3) is 2.71. The van der Waals surface area contributed by atoms with Crippen LogP contribution in [0.5, 0.6) is 11.5 Å². The van der Waals surface area contributed by atoms with Crippen molar-refractivity contribution in [3.8, 4) is 22.6 Å². The van der Waals surface area contributed by atoms with Gasteiger partial charge in [-0.05, 0) is 53.8 Å². The van der Waals surface area contributed by atoms with Crippen LogP contribution in [0.4, 0.5) is 0 Å². The van der Waals surface area contributed by atoms with Crippen molar-refractivity contribution in [2.24, 2.45) is 0 Å². The molecule has 4 nitrogen and oxygen atoms in total. The smallest absolute Gasteiger partial charge is 0.231 e. The molecule has 0 atom stereocenters. The van der Waals surface area contributed by atoms with Gasteiger partial charge in [0.2, 0.25) is 6.79 Å². The van der Waals surface area contributed by atoms with E-state index >= 15 is 0 Å². The first-order valence-corrected chi connectivity index (χ1v) is 10.3. The maximum Gasteiger partial charge on any atom is 0.231 e. The van der Waals surface area contributed by atoms with E-state index in [1.807, 2.05) is 42.6 Å². The second-order valence-electron chi connectivity index (χ2n) is 8.20. The summed E-state index contributed by atoms with van der Waals surface area (Å²) < 4.78 is 10.9. The Kier molecular flexibility index (Phi) is 3.75. The lowest BCUT2D eigenvalue weighted by Crippen LogP contribution is -2.22. The fourth-order valence-electron chi connectivity index (χ4n) is 4.54. The molecule has 1 aromatic heterocycles. The molecule has 4 heteroatoms. The third-order valence-electron chi connectivity index (χ3n) is 6.40. The second kappa shape index (κ2) is 6.49. The second-order valence-corrected chi connectivity index (χ2v) is 8.20. The van der Waals surface area contributed by atoms with Crippen LogP contribution in [-0.2, 0) is 16.6 Å². The van der Waals surface area contributed by atoms with Crippen LogP contribution in [0.2, 0.25) is 0 Å². The highest BCUT2D eigenvalue weighted by atomic mass is 16.7. The van der Waals surface area contributed by atoms with Gasteiger partial charge < -0.3 is 14.5 Å². The molecule has 1 saturated carbocycles. The highest BCUT2D eigenvalue weighted by Crippen LogP contribution is 2.51. The molecule has 0 radical (unpaired) electrons. The van der Waals surface area contributed by atoms with Crippen molar-refractivity contribution >= 4 is 16.7 Å². The first kappa shape index (κ1) is 17.3. The van der Waals surface area contributed by atoms with Gasteiger partial charge in [0.1, 0.15) is 5.78 Å². The summed E-state index contributed by atoms with van der Waals surface area (Å²) in [5.41, 5.74) is 5.14. The molecule has 6 rings (SSSR count). The molecule has 1 N–H and O–H groups in total. The fraction of sp³-hybridized carbons (Fsp3) is 0.192. The van der Waals surface area contributed by atoms with E-state index in [0.717, 1.165) is 51.9 Å². The molecular weight excluding hydrogens is 374 g/mol. The van der Waals surface area contributed by atoms with Crippen LogP contribution in [0.15, 0.2) is 72.9 Å². The van der Waals surface area contributed by atoms with Gasteiger partial charge in [-0.15, -0.1) is 0 Å². The van der Waals surface area contributed by atoms with Gasteiger partial charge in [0.05, 0.1) is 5.41 Å². The van der Waals surface area contributed by atoms with Gasteiger partial charge in [-0.1, -0.05) is 42.5 Å². The van der Waals surface area contributed by atoms with Crippen LogP contribution in [0.25, 0.3) is 22.0 Å². The number of benzene rings is 3. The zero-order valence-corrected chi connectivity index (χ0v) is 16.5. The number of fused-ring (bicyclic) bond motifs is 2. The Morgan fingerprint density at radius 1 is 0.967 bits per heavy atom. The summed E-state index contributed by atoms with van der Waals surface area (Å²) in [6.07, 6.45) is 4.27. The number of carbonyl (C=O) groups is 1. The Morgan fingerprint density at radius 3 is 2.63 bits per heavy atom. The quantitative estimate of drug-likeness (QED) is 0.473. The van der Waals surface area contributed by atoms with Gasteiger partial charge in [-0.3, -0.25) is 4.79 Å². The molecule has 0 amide bonds. The molecule has 1 aliphatic heterocycles. The van der Waals surface area contributed by atoms with Crippen molar-refractivity contribution in [3.05, 3.63) is 84.1 Å². The molecule has 0 saturated heterocycles. The molecule has 30 heavy (non-hydrogen) atoms. The lowest BCUT2D eigenvalue weighted by Gasteiger charge is -2.15. The lowest BCUT2D eigenvalue weighted by atomic mass is 9.87. The van der Waals surface area contributed by atoms with Gasteiger partial charge >= 0.3 is 0 Å². The Morgan fingerprint density at radius 2 is 1.80 bits per heavy atom. The normalized spacial score (nSPS) is 16.0. The summed E-state index contributed by atoms with van der Waals surface area (Å²) in [5.74, 6) is 1.78. The van der Waals surface area contributed by atoms with Gasteiger partial charge in [0.25, 0.3) is 0 Å². The third-order valence-corrected chi connectivity index (χ3v) is 6.40. The molecule has 3 aromatic carbocycles. The molecule has 1 fully saturated rings. The van der Waals surface area contributed by atoms with E-state index in [-0.39, 0.29) is 19.4 Å². The number of hydrogen-bond acceptors (Lipinski definition) is 3. The van der Waals surface area contributed by atoms with Gasteiger partial charge in [-0.25, -0.2) is 0 Å². The topological polar surface area (TPSA) is 51.3 Å². The number of aromatic nitrogens is 1. The minimum Gasteiger partial charge on any atom is -0.454 e. The van der Waals surface area contributed by atoms with Crippen LogP contribution in [0.3, 0.4) is 0 Å². The number of ketones is 1. The van der Waals surface area contributed by atoms with Crippen molar-refractivity contribution in [2.45, 2.75) is 24.7 Å². The maximum atomic E-state index is 13.3. The minimum absolute atomic E-state index is 0. The molecule has 0 bridgehead atoms. The van der Waals surface area contributed by atoms with Gasteiger partial charge in [0, 0.05) is 30.5 Å². The summed E-state index contributed by atoms with van der Waals surface area (Å²) in [5, 5.41) is 1.15. The van der Waals surface area contributed by atoms with Crippen molar-refractivity contribution < 1.29 is 15.7 Å². The summed E-state index contributed by atoms with van der Waals surface area (Å²) in [4.78, 5) is 16.7. The molecule has 2 heterocycles. The van der Waals surface area contributed by atoms with Crippen molar-refractivity contribution in [1.82, 2.24) is 4.98 Å². The van der Waals surface area contributed by atoms with Gasteiger partial charge in [-0.2, -0.15) is 0 Å². The number of rotatable bonds is 5. The number of H-pyrrole nitrogens is 1. The first-order chi connectivity index (χ1) is 14.7. The molecule has 4 aromatic rings. The zero-order chi connectivity index (χ0) is 20.1.